The molecule has 0 saturated heterocycles. The van der Waals surface area contributed by atoms with Crippen LogP contribution in [0.15, 0.2) is 29.8 Å². The lowest BCUT2D eigenvalue weighted by Crippen LogP contribution is -2.40. The topological polar surface area (TPSA) is 72.6 Å². The molecule has 0 spiro atoms. The summed E-state index contributed by atoms with van der Waals surface area (Å²) in [6.45, 7) is 4.98. The maximum Gasteiger partial charge on any atom is 0.213 e. The summed E-state index contributed by atoms with van der Waals surface area (Å²) in [6, 6.07) is 6.26. The van der Waals surface area contributed by atoms with E-state index in [0.29, 0.717) is 11.3 Å². The van der Waals surface area contributed by atoms with Gasteiger partial charge in [-0.15, -0.1) is 0 Å². The van der Waals surface area contributed by atoms with Crippen molar-refractivity contribution >= 4 is 10.0 Å². The van der Waals surface area contributed by atoms with Gasteiger partial charge in [-0.1, -0.05) is 36.8 Å². The Morgan fingerprint density at radius 2 is 2.03 bits per heavy atom. The fourth-order valence-corrected chi connectivity index (χ4v) is 7.28. The highest BCUT2D eigenvalue weighted by atomic mass is 32.2. The molecule has 0 radical (unpaired) electrons. The molecule has 3 aliphatic rings. The number of rotatable bonds is 7. The predicted octanol–water partition coefficient (Wildman–Crippen LogP) is 3.84. The minimum absolute atomic E-state index is 0.0696. The summed E-state index contributed by atoms with van der Waals surface area (Å²) in [4.78, 5) is 2.15. The van der Waals surface area contributed by atoms with Gasteiger partial charge in [0.05, 0.1) is 19.0 Å². The molecular weight excluding hydrogens is 408 g/mol. The number of sulfonamides is 1. The van der Waals surface area contributed by atoms with Crippen molar-refractivity contribution in [3.05, 3.63) is 46.5 Å². The minimum atomic E-state index is -3.49. The molecule has 0 heterocycles. The van der Waals surface area contributed by atoms with Gasteiger partial charge in [0.25, 0.3) is 0 Å². The fraction of sp³-hybridized carbons (Fsp3) is 0.680. The summed E-state index contributed by atoms with van der Waals surface area (Å²) in [5.74, 6) is 2.02. The normalized spacial score (nSPS) is 31.5. The van der Waals surface area contributed by atoms with Crippen molar-refractivity contribution in [1.29, 1.82) is 0 Å². The van der Waals surface area contributed by atoms with Gasteiger partial charge in [-0.25, -0.2) is 13.6 Å². The van der Waals surface area contributed by atoms with Crippen LogP contribution < -0.4 is 5.14 Å². The Bertz CT molecular complexity index is 940. The van der Waals surface area contributed by atoms with Gasteiger partial charge in [-0.3, -0.25) is 0 Å². The monoisotopic (exact) mass is 446 g/mol. The van der Waals surface area contributed by atoms with Crippen LogP contribution in [0.4, 0.5) is 0 Å². The first-order chi connectivity index (χ1) is 14.7. The molecule has 0 aliphatic heterocycles. The Hall–Kier alpha value is -1.21. The Labute approximate surface area is 188 Å². The first-order valence-corrected chi connectivity index (χ1v) is 13.4. The molecule has 0 bridgehead atoms. The van der Waals surface area contributed by atoms with Gasteiger partial charge >= 0.3 is 0 Å². The third kappa shape index (κ3) is 4.92. The van der Waals surface area contributed by atoms with Crippen molar-refractivity contribution in [1.82, 2.24) is 4.90 Å². The predicted molar refractivity (Wildman–Crippen MR) is 125 cm³/mol. The van der Waals surface area contributed by atoms with E-state index in [1.165, 1.54) is 43.2 Å². The number of fused-ring (bicyclic) bond motifs is 5. The molecule has 1 aromatic rings. The molecule has 4 rings (SSSR count). The third-order valence-corrected chi connectivity index (χ3v) is 8.87. The van der Waals surface area contributed by atoms with Gasteiger partial charge in [-0.05, 0) is 92.5 Å². The molecule has 4 atom stereocenters. The van der Waals surface area contributed by atoms with E-state index in [-0.39, 0.29) is 5.75 Å². The van der Waals surface area contributed by atoms with Crippen LogP contribution in [0.3, 0.4) is 0 Å². The van der Waals surface area contributed by atoms with Crippen molar-refractivity contribution in [2.45, 2.75) is 57.1 Å². The highest BCUT2D eigenvalue weighted by Gasteiger charge is 2.52. The summed E-state index contributed by atoms with van der Waals surface area (Å²) < 4.78 is 28.8. The Balaban J connectivity index is 1.46. The molecule has 6 heteroatoms. The Morgan fingerprint density at radius 1 is 1.23 bits per heavy atom. The number of nitrogens with two attached hydrogens (primary N) is 1. The average Bonchev–Trinajstić information content (AvgIpc) is 3.02. The lowest BCUT2D eigenvalue weighted by Gasteiger charge is -2.49. The van der Waals surface area contributed by atoms with Crippen LogP contribution in [0.5, 0.6) is 0 Å². The molecule has 0 amide bonds. The molecule has 5 nitrogen and oxygen atoms in total. The second-order valence-corrected chi connectivity index (χ2v) is 12.0. The standard InChI is InChI=1S/C25H38N2O3S/c1-25-12-10-22-21-7-4-18(17-31(26,28)29)16-19(21)5-8-23(22)24(25)9-6-20(25)11-14-30-15-13-27(2)3/h4,7,11,16,22-24H,5-6,8-10,12-15,17H2,1-3H3,(H2,26,28,29)/b20-11-. The molecule has 31 heavy (non-hydrogen) atoms. The Kier molecular flexibility index (Phi) is 6.64. The highest BCUT2D eigenvalue weighted by molar-refractivity contribution is 7.88. The van der Waals surface area contributed by atoms with Crippen LogP contribution in [0.1, 0.15) is 61.6 Å². The number of nitrogens with zero attached hydrogens (tertiary/aromatic N) is 1. The smallest absolute Gasteiger partial charge is 0.213 e. The van der Waals surface area contributed by atoms with E-state index in [0.717, 1.165) is 43.6 Å². The van der Waals surface area contributed by atoms with Crippen molar-refractivity contribution in [3.63, 3.8) is 0 Å². The zero-order valence-corrected chi connectivity index (χ0v) is 20.1. The quantitative estimate of drug-likeness (QED) is 0.510. The number of likely N-dealkylation sites (N-methyl/N-ethyl adjacent to an activating group) is 1. The molecule has 4 unspecified atom stereocenters. The van der Waals surface area contributed by atoms with E-state index in [1.54, 1.807) is 5.57 Å². The van der Waals surface area contributed by atoms with Crippen LogP contribution >= 0.6 is 0 Å². The Morgan fingerprint density at radius 3 is 2.77 bits per heavy atom. The lowest BCUT2D eigenvalue weighted by atomic mass is 9.55. The number of benzene rings is 1. The van der Waals surface area contributed by atoms with Crippen molar-refractivity contribution in [2.75, 3.05) is 33.9 Å². The number of aryl methyl sites for hydroxylation is 1. The number of allylic oxidation sites excluding steroid dienone is 1. The highest BCUT2D eigenvalue weighted by Crippen LogP contribution is 2.62. The first-order valence-electron chi connectivity index (χ1n) is 11.7. The van der Waals surface area contributed by atoms with E-state index in [4.69, 9.17) is 9.88 Å². The minimum Gasteiger partial charge on any atom is -0.376 e. The zero-order chi connectivity index (χ0) is 22.2. The van der Waals surface area contributed by atoms with E-state index in [9.17, 15) is 8.42 Å². The van der Waals surface area contributed by atoms with Gasteiger partial charge in [0.2, 0.25) is 10.0 Å². The molecular formula is C25H38N2O3S. The molecule has 3 aliphatic carbocycles. The molecule has 2 saturated carbocycles. The van der Waals surface area contributed by atoms with Crippen LogP contribution in [-0.2, 0) is 26.9 Å². The van der Waals surface area contributed by atoms with E-state index in [2.05, 4.69) is 44.1 Å². The molecule has 0 aromatic heterocycles. The van der Waals surface area contributed by atoms with Crippen LogP contribution in [-0.4, -0.2) is 47.2 Å². The third-order valence-electron chi connectivity index (χ3n) is 8.14. The fourth-order valence-electron chi connectivity index (χ4n) is 6.63. The second-order valence-electron chi connectivity index (χ2n) is 10.4. The van der Waals surface area contributed by atoms with Gasteiger partial charge in [0, 0.05) is 6.54 Å². The summed E-state index contributed by atoms with van der Waals surface area (Å²) in [6.07, 6.45) is 9.60. The summed E-state index contributed by atoms with van der Waals surface area (Å²) in [5, 5.41) is 5.26. The zero-order valence-electron chi connectivity index (χ0n) is 19.3. The number of hydrogen-bond acceptors (Lipinski definition) is 4. The van der Waals surface area contributed by atoms with Gasteiger partial charge in [0.15, 0.2) is 0 Å². The molecule has 2 N–H and O–H groups in total. The summed E-state index contributed by atoms with van der Waals surface area (Å²) >= 11 is 0. The van der Waals surface area contributed by atoms with Gasteiger partial charge in [-0.2, -0.15) is 0 Å². The van der Waals surface area contributed by atoms with Crippen LogP contribution in [0, 0.1) is 17.3 Å². The van der Waals surface area contributed by atoms with Crippen molar-refractivity contribution in [2.24, 2.45) is 22.4 Å². The SMILES string of the molecule is CN(C)CCOC/C=C1/CCC2C3CCc4cc(CS(N)(=O)=O)ccc4C3CCC12C. The maximum atomic E-state index is 11.5. The second kappa shape index (κ2) is 8.97. The van der Waals surface area contributed by atoms with Crippen LogP contribution in [0.2, 0.25) is 0 Å². The van der Waals surface area contributed by atoms with Gasteiger partial charge in [0.1, 0.15) is 0 Å². The van der Waals surface area contributed by atoms with Gasteiger partial charge < -0.3 is 9.64 Å². The van der Waals surface area contributed by atoms with Crippen molar-refractivity contribution in [3.8, 4) is 0 Å². The molecule has 1 aromatic carbocycles. The number of ether oxygens (including phenoxy) is 1. The average molecular weight is 447 g/mol. The van der Waals surface area contributed by atoms with E-state index in [1.807, 2.05) is 6.07 Å². The number of hydrogen-bond donors (Lipinski definition) is 1. The maximum absolute atomic E-state index is 11.5. The lowest BCUT2D eigenvalue weighted by molar-refractivity contribution is 0.0802. The summed E-state index contributed by atoms with van der Waals surface area (Å²) in [7, 11) is 0.663. The van der Waals surface area contributed by atoms with E-state index < -0.39 is 10.0 Å². The largest absolute Gasteiger partial charge is 0.376 e. The summed E-state index contributed by atoms with van der Waals surface area (Å²) in [5.41, 5.74) is 5.56. The van der Waals surface area contributed by atoms with E-state index >= 15 is 0 Å². The first kappa shape index (κ1) is 23.0. The van der Waals surface area contributed by atoms with Crippen LogP contribution in [0.25, 0.3) is 0 Å². The molecule has 2 fully saturated rings. The number of primary sulfonamides is 1. The van der Waals surface area contributed by atoms with Crippen molar-refractivity contribution < 1.29 is 13.2 Å². The molecule has 172 valence electrons.